The highest BCUT2D eigenvalue weighted by Gasteiger charge is 2.28. The number of fused-ring (bicyclic) bond motifs is 1. The van der Waals surface area contributed by atoms with E-state index >= 15 is 0 Å². The molecule has 4 nitrogen and oxygen atoms in total. The zero-order valence-corrected chi connectivity index (χ0v) is 10.6. The van der Waals surface area contributed by atoms with E-state index in [1.807, 2.05) is 28.0 Å². The molecule has 4 heteroatoms. The quantitative estimate of drug-likeness (QED) is 0.713. The minimum Gasteiger partial charge on any atom is -0.399 e. The molecule has 1 aromatic rings. The van der Waals surface area contributed by atoms with Gasteiger partial charge in [-0.05, 0) is 49.4 Å². The van der Waals surface area contributed by atoms with E-state index in [-0.39, 0.29) is 6.03 Å². The Morgan fingerprint density at radius 3 is 2.67 bits per heavy atom. The zero-order chi connectivity index (χ0) is 12.5. The van der Waals surface area contributed by atoms with Gasteiger partial charge in [0.05, 0.1) is 0 Å². The summed E-state index contributed by atoms with van der Waals surface area (Å²) in [6, 6.07) is 6.03. The average Bonchev–Trinajstić information content (AvgIpc) is 2.90. The molecule has 2 aliphatic rings. The van der Waals surface area contributed by atoms with Crippen LogP contribution in [0.3, 0.4) is 0 Å². The molecule has 18 heavy (non-hydrogen) atoms. The lowest BCUT2D eigenvalue weighted by Crippen LogP contribution is -2.44. The van der Waals surface area contributed by atoms with Crippen molar-refractivity contribution < 1.29 is 4.79 Å². The second-order valence-corrected chi connectivity index (χ2v) is 5.12. The first-order valence-electron chi connectivity index (χ1n) is 6.70. The molecule has 2 N–H and O–H groups in total. The fraction of sp³-hybridized carbons (Fsp3) is 0.500. The Morgan fingerprint density at radius 1 is 1.11 bits per heavy atom. The molecule has 0 bridgehead atoms. The molecule has 3 rings (SSSR count). The maximum Gasteiger partial charge on any atom is 0.324 e. The standard InChI is InChI=1S/C14H19N3O/c15-12-5-6-13-11(10-12)4-3-9-17(13)14(18)16-7-1-2-8-16/h5-6,10H,1-4,7-9,15H2. The van der Waals surface area contributed by atoms with E-state index in [0.29, 0.717) is 0 Å². The van der Waals surface area contributed by atoms with E-state index in [9.17, 15) is 4.79 Å². The van der Waals surface area contributed by atoms with Gasteiger partial charge in [0, 0.05) is 31.0 Å². The molecule has 0 saturated carbocycles. The minimum atomic E-state index is 0.165. The topological polar surface area (TPSA) is 49.6 Å². The van der Waals surface area contributed by atoms with Gasteiger partial charge < -0.3 is 10.6 Å². The second kappa shape index (κ2) is 4.52. The normalized spacial score (nSPS) is 18.9. The number of benzene rings is 1. The van der Waals surface area contributed by atoms with Crippen molar-refractivity contribution in [2.24, 2.45) is 0 Å². The van der Waals surface area contributed by atoms with Crippen molar-refractivity contribution in [1.82, 2.24) is 4.90 Å². The van der Waals surface area contributed by atoms with E-state index in [4.69, 9.17) is 5.73 Å². The number of carbonyl (C=O) groups is 1. The van der Waals surface area contributed by atoms with Crippen LogP contribution in [0.1, 0.15) is 24.8 Å². The number of rotatable bonds is 0. The van der Waals surface area contributed by atoms with Crippen LogP contribution < -0.4 is 10.6 Å². The van der Waals surface area contributed by atoms with Crippen LogP contribution in [-0.4, -0.2) is 30.6 Å². The van der Waals surface area contributed by atoms with Crippen molar-refractivity contribution in [2.75, 3.05) is 30.3 Å². The summed E-state index contributed by atoms with van der Waals surface area (Å²) >= 11 is 0. The van der Waals surface area contributed by atoms with Crippen LogP contribution in [0, 0.1) is 0 Å². The number of hydrogen-bond acceptors (Lipinski definition) is 2. The summed E-state index contributed by atoms with van der Waals surface area (Å²) in [5.41, 5.74) is 8.84. The number of nitrogen functional groups attached to an aromatic ring is 1. The van der Waals surface area contributed by atoms with Gasteiger partial charge in [0.2, 0.25) is 0 Å². The number of carbonyl (C=O) groups excluding carboxylic acids is 1. The lowest BCUT2D eigenvalue weighted by atomic mass is 10.0. The summed E-state index contributed by atoms with van der Waals surface area (Å²) in [6.45, 7) is 2.63. The number of anilines is 2. The van der Waals surface area contributed by atoms with E-state index in [1.165, 1.54) is 5.56 Å². The Bertz CT molecular complexity index is 466. The van der Waals surface area contributed by atoms with E-state index in [2.05, 4.69) is 0 Å². The lowest BCUT2D eigenvalue weighted by molar-refractivity contribution is 0.215. The smallest absolute Gasteiger partial charge is 0.324 e. The van der Waals surface area contributed by atoms with E-state index < -0.39 is 0 Å². The number of nitrogens with zero attached hydrogens (tertiary/aromatic N) is 2. The van der Waals surface area contributed by atoms with Gasteiger partial charge in [-0.3, -0.25) is 4.90 Å². The highest BCUT2D eigenvalue weighted by molar-refractivity contribution is 5.93. The SMILES string of the molecule is Nc1ccc2c(c1)CCCN2C(=O)N1CCCC1. The third-order valence-electron chi connectivity index (χ3n) is 3.83. The second-order valence-electron chi connectivity index (χ2n) is 5.12. The summed E-state index contributed by atoms with van der Waals surface area (Å²) < 4.78 is 0. The molecular formula is C14H19N3O. The number of hydrogen-bond donors (Lipinski definition) is 1. The molecule has 0 aromatic heterocycles. The Hall–Kier alpha value is -1.71. The minimum absolute atomic E-state index is 0.165. The van der Waals surface area contributed by atoms with Gasteiger partial charge in [0.15, 0.2) is 0 Å². The van der Waals surface area contributed by atoms with Crippen LogP contribution in [0.25, 0.3) is 0 Å². The average molecular weight is 245 g/mol. The Balaban J connectivity index is 1.88. The number of nitrogens with two attached hydrogens (primary N) is 1. The monoisotopic (exact) mass is 245 g/mol. The molecule has 0 spiro atoms. The summed E-state index contributed by atoms with van der Waals surface area (Å²) in [5, 5.41) is 0. The van der Waals surface area contributed by atoms with Crippen molar-refractivity contribution in [2.45, 2.75) is 25.7 Å². The van der Waals surface area contributed by atoms with Gasteiger partial charge in [-0.15, -0.1) is 0 Å². The summed E-state index contributed by atoms with van der Waals surface area (Å²) in [4.78, 5) is 16.4. The van der Waals surface area contributed by atoms with Crippen molar-refractivity contribution in [3.8, 4) is 0 Å². The van der Waals surface area contributed by atoms with Crippen LogP contribution in [0.4, 0.5) is 16.2 Å². The molecule has 2 aliphatic heterocycles. The van der Waals surface area contributed by atoms with Crippen molar-refractivity contribution in [3.63, 3.8) is 0 Å². The molecule has 0 aliphatic carbocycles. The third kappa shape index (κ3) is 1.92. The molecule has 1 saturated heterocycles. The Kier molecular flexibility index (Phi) is 2.86. The first-order valence-corrected chi connectivity index (χ1v) is 6.70. The van der Waals surface area contributed by atoms with E-state index in [1.54, 1.807) is 0 Å². The van der Waals surface area contributed by atoms with Gasteiger partial charge in [0.25, 0.3) is 0 Å². The third-order valence-corrected chi connectivity index (χ3v) is 3.83. The first kappa shape index (κ1) is 11.4. The lowest BCUT2D eigenvalue weighted by Gasteiger charge is -2.32. The molecule has 0 atom stereocenters. The molecule has 2 heterocycles. The molecule has 96 valence electrons. The maximum atomic E-state index is 12.5. The van der Waals surface area contributed by atoms with Crippen LogP contribution in [0.5, 0.6) is 0 Å². The Morgan fingerprint density at radius 2 is 1.89 bits per heavy atom. The number of likely N-dealkylation sites (tertiary alicyclic amines) is 1. The maximum absolute atomic E-state index is 12.5. The molecule has 1 aromatic carbocycles. The van der Waals surface area contributed by atoms with Gasteiger partial charge in [-0.25, -0.2) is 4.79 Å². The predicted octanol–water partition coefficient (Wildman–Crippen LogP) is 2.24. The van der Waals surface area contributed by atoms with Crippen LogP contribution in [0.2, 0.25) is 0 Å². The fourth-order valence-electron chi connectivity index (χ4n) is 2.89. The highest BCUT2D eigenvalue weighted by Crippen LogP contribution is 2.30. The molecule has 1 fully saturated rings. The van der Waals surface area contributed by atoms with Gasteiger partial charge in [0.1, 0.15) is 0 Å². The van der Waals surface area contributed by atoms with Crippen molar-refractivity contribution in [3.05, 3.63) is 23.8 Å². The highest BCUT2D eigenvalue weighted by atomic mass is 16.2. The summed E-state index contributed by atoms with van der Waals surface area (Å²) in [6.07, 6.45) is 4.31. The van der Waals surface area contributed by atoms with E-state index in [0.717, 1.165) is 56.7 Å². The van der Waals surface area contributed by atoms with Gasteiger partial charge in [-0.2, -0.15) is 0 Å². The molecule has 2 amide bonds. The molecular weight excluding hydrogens is 226 g/mol. The fourth-order valence-corrected chi connectivity index (χ4v) is 2.89. The number of urea groups is 1. The molecule has 0 unspecified atom stereocenters. The van der Waals surface area contributed by atoms with Gasteiger partial charge in [-0.1, -0.05) is 0 Å². The van der Waals surface area contributed by atoms with Gasteiger partial charge >= 0.3 is 6.03 Å². The largest absolute Gasteiger partial charge is 0.399 e. The van der Waals surface area contributed by atoms with Crippen LogP contribution in [0.15, 0.2) is 18.2 Å². The number of aryl methyl sites for hydroxylation is 1. The Labute approximate surface area is 107 Å². The van der Waals surface area contributed by atoms with Crippen LogP contribution in [-0.2, 0) is 6.42 Å². The summed E-state index contributed by atoms with van der Waals surface area (Å²) in [5.74, 6) is 0. The van der Waals surface area contributed by atoms with Crippen molar-refractivity contribution in [1.29, 1.82) is 0 Å². The molecule has 0 radical (unpaired) electrons. The zero-order valence-electron chi connectivity index (χ0n) is 10.6. The predicted molar refractivity (Wildman–Crippen MR) is 72.7 cm³/mol. The van der Waals surface area contributed by atoms with Crippen LogP contribution >= 0.6 is 0 Å². The number of amides is 2. The van der Waals surface area contributed by atoms with Crippen molar-refractivity contribution >= 4 is 17.4 Å². The first-order chi connectivity index (χ1) is 8.75. The summed E-state index contributed by atoms with van der Waals surface area (Å²) in [7, 11) is 0.